The van der Waals surface area contributed by atoms with Gasteiger partial charge in [0.2, 0.25) is 0 Å². The Kier molecular flexibility index (Phi) is 5.21. The van der Waals surface area contributed by atoms with Crippen molar-refractivity contribution in [3.8, 4) is 11.3 Å². The maximum absolute atomic E-state index is 9.71. The van der Waals surface area contributed by atoms with Gasteiger partial charge >= 0.3 is 0 Å². The highest BCUT2D eigenvalue weighted by molar-refractivity contribution is 6.42. The summed E-state index contributed by atoms with van der Waals surface area (Å²) in [5, 5.41) is 14.9. The van der Waals surface area contributed by atoms with E-state index in [4.69, 9.17) is 33.9 Å². The van der Waals surface area contributed by atoms with Crippen molar-refractivity contribution in [3.63, 3.8) is 0 Å². The summed E-state index contributed by atoms with van der Waals surface area (Å²) in [6, 6.07) is 15.2. The minimum Gasteiger partial charge on any atom is -0.390 e. The van der Waals surface area contributed by atoms with Gasteiger partial charge in [0.25, 0.3) is 0 Å². The molecule has 0 saturated carbocycles. The topological polar surface area (TPSA) is 71.2 Å². The molecule has 0 aliphatic carbocycles. The first kappa shape index (κ1) is 17.0. The first-order valence-electron chi connectivity index (χ1n) is 7.55. The van der Waals surface area contributed by atoms with Crippen LogP contribution in [0.4, 0.5) is 5.69 Å². The number of anilines is 1. The fourth-order valence-electron chi connectivity index (χ4n) is 2.44. The summed E-state index contributed by atoms with van der Waals surface area (Å²) < 4.78 is 0. The van der Waals surface area contributed by atoms with E-state index in [1.54, 1.807) is 12.1 Å². The number of nitrogens with one attached hydrogen (secondary N) is 1. The molecule has 1 aromatic heterocycles. The van der Waals surface area contributed by atoms with Crippen LogP contribution in [0, 0.1) is 0 Å². The number of benzene rings is 2. The molecule has 124 valence electrons. The molecule has 1 heterocycles. The summed E-state index contributed by atoms with van der Waals surface area (Å²) >= 11 is 12.1. The number of rotatable bonds is 5. The summed E-state index contributed by atoms with van der Waals surface area (Å²) in [5.74, 6) is 0. The van der Waals surface area contributed by atoms with Crippen molar-refractivity contribution in [2.45, 2.75) is 6.10 Å². The van der Waals surface area contributed by atoms with Gasteiger partial charge in [-0.3, -0.25) is 0 Å². The zero-order chi connectivity index (χ0) is 17.1. The van der Waals surface area contributed by atoms with E-state index in [2.05, 4.69) is 5.32 Å². The average Bonchev–Trinajstić information content (AvgIpc) is 2.61. The summed E-state index contributed by atoms with van der Waals surface area (Å²) in [4.78, 5) is 4.70. The number of hydrogen-bond acceptors (Lipinski definition) is 4. The van der Waals surface area contributed by atoms with Crippen LogP contribution in [0.5, 0.6) is 0 Å². The molecule has 0 radical (unpaired) electrons. The second-order valence-corrected chi connectivity index (χ2v) is 6.29. The van der Waals surface area contributed by atoms with Crippen LogP contribution < -0.4 is 11.1 Å². The van der Waals surface area contributed by atoms with E-state index >= 15 is 0 Å². The molecule has 1 unspecified atom stereocenters. The maximum atomic E-state index is 9.71. The lowest BCUT2D eigenvalue weighted by atomic mass is 10.1. The van der Waals surface area contributed by atoms with E-state index < -0.39 is 6.10 Å². The molecular weight excluding hydrogens is 345 g/mol. The van der Waals surface area contributed by atoms with Gasteiger partial charge in [-0.1, -0.05) is 47.5 Å². The second-order valence-electron chi connectivity index (χ2n) is 5.47. The molecule has 6 heteroatoms. The van der Waals surface area contributed by atoms with E-state index in [1.165, 1.54) is 0 Å². The van der Waals surface area contributed by atoms with Gasteiger partial charge in [0.1, 0.15) is 0 Å². The third-order valence-corrected chi connectivity index (χ3v) is 4.47. The van der Waals surface area contributed by atoms with Crippen LogP contribution >= 0.6 is 23.2 Å². The fraction of sp³-hybridized carbons (Fsp3) is 0.167. The Labute approximate surface area is 150 Å². The smallest absolute Gasteiger partial charge is 0.0834 e. The van der Waals surface area contributed by atoms with E-state index in [1.807, 2.05) is 36.4 Å². The Bertz CT molecular complexity index is 870. The van der Waals surface area contributed by atoms with Crippen LogP contribution in [0.25, 0.3) is 22.2 Å². The van der Waals surface area contributed by atoms with Crippen molar-refractivity contribution in [1.82, 2.24) is 4.98 Å². The predicted octanol–water partition coefficient (Wildman–Crippen LogP) is 3.94. The summed E-state index contributed by atoms with van der Waals surface area (Å²) in [7, 11) is 0. The molecule has 1 atom stereocenters. The third kappa shape index (κ3) is 3.62. The minimum absolute atomic E-state index is 0.204. The van der Waals surface area contributed by atoms with Crippen LogP contribution in [0.2, 0.25) is 10.0 Å². The van der Waals surface area contributed by atoms with Gasteiger partial charge < -0.3 is 16.2 Å². The number of fused-ring (bicyclic) bond motifs is 1. The number of pyridine rings is 1. The summed E-state index contributed by atoms with van der Waals surface area (Å²) in [6.07, 6.45) is -0.606. The van der Waals surface area contributed by atoms with Crippen LogP contribution in [0.15, 0.2) is 48.5 Å². The maximum Gasteiger partial charge on any atom is 0.0834 e. The first-order chi connectivity index (χ1) is 11.6. The normalized spacial score (nSPS) is 12.3. The van der Waals surface area contributed by atoms with Gasteiger partial charge in [0.15, 0.2) is 0 Å². The van der Waals surface area contributed by atoms with Gasteiger partial charge in [-0.15, -0.1) is 0 Å². The lowest BCUT2D eigenvalue weighted by molar-refractivity contribution is 0.196. The Morgan fingerprint density at radius 2 is 1.88 bits per heavy atom. The SMILES string of the molecule is NCC(O)CNc1cc(-c2ccc(Cl)c(Cl)c2)nc2ccccc12. The van der Waals surface area contributed by atoms with Crippen LogP contribution in [0.1, 0.15) is 0 Å². The van der Waals surface area contributed by atoms with Crippen molar-refractivity contribution in [1.29, 1.82) is 0 Å². The molecule has 2 aromatic carbocycles. The molecule has 0 aliphatic rings. The molecule has 3 aromatic rings. The largest absolute Gasteiger partial charge is 0.390 e. The Morgan fingerprint density at radius 3 is 2.62 bits per heavy atom. The van der Waals surface area contributed by atoms with E-state index in [0.29, 0.717) is 16.6 Å². The zero-order valence-corrected chi connectivity index (χ0v) is 14.3. The van der Waals surface area contributed by atoms with E-state index in [-0.39, 0.29) is 6.54 Å². The van der Waals surface area contributed by atoms with E-state index in [0.717, 1.165) is 27.8 Å². The van der Waals surface area contributed by atoms with Gasteiger partial charge in [-0.2, -0.15) is 0 Å². The Hall–Kier alpha value is -1.85. The van der Waals surface area contributed by atoms with Crippen molar-refractivity contribution >= 4 is 39.8 Å². The number of aliphatic hydroxyl groups excluding tert-OH is 1. The number of para-hydroxylation sites is 1. The van der Waals surface area contributed by atoms with Gasteiger partial charge in [0.05, 0.1) is 27.4 Å². The number of halogens is 2. The van der Waals surface area contributed by atoms with E-state index in [9.17, 15) is 5.11 Å². The molecule has 4 N–H and O–H groups in total. The second kappa shape index (κ2) is 7.36. The molecule has 0 spiro atoms. The number of aliphatic hydroxyl groups is 1. The Morgan fingerprint density at radius 1 is 1.08 bits per heavy atom. The highest BCUT2D eigenvalue weighted by Gasteiger charge is 2.10. The minimum atomic E-state index is -0.606. The van der Waals surface area contributed by atoms with Gasteiger partial charge in [0, 0.05) is 29.7 Å². The monoisotopic (exact) mass is 361 g/mol. The number of hydrogen-bond donors (Lipinski definition) is 3. The molecule has 3 rings (SSSR count). The summed E-state index contributed by atoms with van der Waals surface area (Å²) in [6.45, 7) is 0.570. The molecule has 24 heavy (non-hydrogen) atoms. The first-order valence-corrected chi connectivity index (χ1v) is 8.31. The quantitative estimate of drug-likeness (QED) is 0.643. The standard InChI is InChI=1S/C18H17Cl2N3O/c19-14-6-5-11(7-15(14)20)17-8-18(22-10-12(24)9-21)13-3-1-2-4-16(13)23-17/h1-8,12,24H,9-10,21H2,(H,22,23). The number of nitrogens with two attached hydrogens (primary N) is 1. The van der Waals surface area contributed by atoms with Crippen molar-refractivity contribution in [2.24, 2.45) is 5.73 Å². The van der Waals surface area contributed by atoms with Crippen molar-refractivity contribution < 1.29 is 5.11 Å². The van der Waals surface area contributed by atoms with Crippen LogP contribution in [-0.2, 0) is 0 Å². The molecular formula is C18H17Cl2N3O. The highest BCUT2D eigenvalue weighted by Crippen LogP contribution is 2.31. The number of aromatic nitrogens is 1. The third-order valence-electron chi connectivity index (χ3n) is 3.73. The average molecular weight is 362 g/mol. The van der Waals surface area contributed by atoms with Crippen molar-refractivity contribution in [3.05, 3.63) is 58.6 Å². The molecule has 0 saturated heterocycles. The molecule has 4 nitrogen and oxygen atoms in total. The van der Waals surface area contributed by atoms with Crippen LogP contribution in [-0.4, -0.2) is 29.3 Å². The number of nitrogens with zero attached hydrogens (tertiary/aromatic N) is 1. The molecule has 0 fully saturated rings. The molecule has 0 amide bonds. The van der Waals surface area contributed by atoms with Gasteiger partial charge in [-0.25, -0.2) is 4.98 Å². The zero-order valence-electron chi connectivity index (χ0n) is 12.8. The van der Waals surface area contributed by atoms with Gasteiger partial charge in [-0.05, 0) is 24.3 Å². The fourth-order valence-corrected chi connectivity index (χ4v) is 2.73. The molecule has 0 bridgehead atoms. The highest BCUT2D eigenvalue weighted by atomic mass is 35.5. The lowest BCUT2D eigenvalue weighted by Gasteiger charge is -2.14. The Balaban J connectivity index is 2.07. The lowest BCUT2D eigenvalue weighted by Crippen LogP contribution is -2.27. The molecule has 0 aliphatic heterocycles. The van der Waals surface area contributed by atoms with Crippen molar-refractivity contribution in [2.75, 3.05) is 18.4 Å². The predicted molar refractivity (Wildman–Crippen MR) is 101 cm³/mol. The summed E-state index contributed by atoms with van der Waals surface area (Å²) in [5.41, 5.74) is 8.85. The van der Waals surface area contributed by atoms with Crippen LogP contribution in [0.3, 0.4) is 0 Å².